The lowest BCUT2D eigenvalue weighted by Gasteiger charge is -2.15. The third-order valence-electron chi connectivity index (χ3n) is 4.22. The van der Waals surface area contributed by atoms with Crippen LogP contribution in [0.1, 0.15) is 15.9 Å². The Morgan fingerprint density at radius 1 is 0.806 bits per heavy atom. The van der Waals surface area contributed by atoms with Crippen molar-refractivity contribution in [1.82, 2.24) is 0 Å². The van der Waals surface area contributed by atoms with Crippen LogP contribution in [0.2, 0.25) is 5.02 Å². The molecule has 3 aromatic rings. The van der Waals surface area contributed by atoms with Gasteiger partial charge in [-0.25, -0.2) is 0 Å². The standard InChI is InChI=1S/C22H17ClF3N3O2/c23-14-9-11-15(12-10-14)28-21(31)16-5-1-3-7-18(16)27-13-20(30)29-19-8-4-2-6-17(19)22(24,25)26/h1-12,27H,13H2,(H,28,31)(H,29,30). The molecule has 0 atom stereocenters. The van der Waals surface area contributed by atoms with Gasteiger partial charge in [0.1, 0.15) is 0 Å². The van der Waals surface area contributed by atoms with E-state index in [1.165, 1.54) is 18.2 Å². The molecule has 31 heavy (non-hydrogen) atoms. The maximum atomic E-state index is 13.1. The fraction of sp³-hybridized carbons (Fsp3) is 0.0909. The Hall–Kier alpha value is -3.52. The first-order valence-electron chi connectivity index (χ1n) is 9.10. The number of carbonyl (C=O) groups is 2. The van der Waals surface area contributed by atoms with Gasteiger partial charge in [-0.1, -0.05) is 35.9 Å². The Kier molecular flexibility index (Phi) is 6.81. The Labute approximate surface area is 181 Å². The zero-order chi connectivity index (χ0) is 22.4. The van der Waals surface area contributed by atoms with E-state index in [-0.39, 0.29) is 17.8 Å². The van der Waals surface area contributed by atoms with Gasteiger partial charge < -0.3 is 16.0 Å². The van der Waals surface area contributed by atoms with Crippen LogP contribution in [0, 0.1) is 0 Å². The third-order valence-corrected chi connectivity index (χ3v) is 4.47. The van der Waals surface area contributed by atoms with E-state index >= 15 is 0 Å². The smallest absolute Gasteiger partial charge is 0.376 e. The van der Waals surface area contributed by atoms with E-state index in [9.17, 15) is 22.8 Å². The van der Waals surface area contributed by atoms with Crippen molar-refractivity contribution in [2.75, 3.05) is 22.5 Å². The highest BCUT2D eigenvalue weighted by atomic mass is 35.5. The van der Waals surface area contributed by atoms with E-state index in [0.717, 1.165) is 6.07 Å². The summed E-state index contributed by atoms with van der Waals surface area (Å²) in [6.45, 7) is -0.336. The Balaban J connectivity index is 1.67. The summed E-state index contributed by atoms with van der Waals surface area (Å²) >= 11 is 5.83. The maximum absolute atomic E-state index is 13.1. The van der Waals surface area contributed by atoms with Gasteiger partial charge in [0, 0.05) is 16.4 Å². The number of rotatable bonds is 6. The summed E-state index contributed by atoms with van der Waals surface area (Å²) in [6, 6.07) is 17.7. The number of nitrogens with one attached hydrogen (secondary N) is 3. The minimum Gasteiger partial charge on any atom is -0.376 e. The highest BCUT2D eigenvalue weighted by molar-refractivity contribution is 6.30. The number of hydrogen-bond acceptors (Lipinski definition) is 3. The molecule has 3 rings (SSSR count). The largest absolute Gasteiger partial charge is 0.418 e. The predicted molar refractivity (Wildman–Crippen MR) is 114 cm³/mol. The number of benzene rings is 3. The number of anilines is 3. The fourth-order valence-electron chi connectivity index (χ4n) is 2.78. The van der Waals surface area contributed by atoms with Gasteiger partial charge in [-0.3, -0.25) is 9.59 Å². The summed E-state index contributed by atoms with van der Waals surface area (Å²) in [4.78, 5) is 24.8. The number of carbonyl (C=O) groups excluding carboxylic acids is 2. The van der Waals surface area contributed by atoms with Gasteiger partial charge in [0.25, 0.3) is 5.91 Å². The van der Waals surface area contributed by atoms with E-state index < -0.39 is 23.6 Å². The zero-order valence-corrected chi connectivity index (χ0v) is 16.7. The SMILES string of the molecule is O=C(CNc1ccccc1C(=O)Nc1ccc(Cl)cc1)Nc1ccccc1C(F)(F)F. The normalized spacial score (nSPS) is 11.0. The lowest BCUT2D eigenvalue weighted by Crippen LogP contribution is -2.24. The molecule has 0 heterocycles. The molecular formula is C22H17ClF3N3O2. The average molecular weight is 448 g/mol. The number of para-hydroxylation sites is 2. The number of hydrogen-bond donors (Lipinski definition) is 3. The Bertz CT molecular complexity index is 1090. The minimum atomic E-state index is -4.59. The number of amides is 2. The van der Waals surface area contributed by atoms with Crippen LogP contribution in [0.15, 0.2) is 72.8 Å². The molecule has 3 N–H and O–H groups in total. The van der Waals surface area contributed by atoms with E-state index in [4.69, 9.17) is 11.6 Å². The van der Waals surface area contributed by atoms with Gasteiger partial charge in [-0.05, 0) is 48.5 Å². The molecule has 0 spiro atoms. The molecule has 160 valence electrons. The lowest BCUT2D eigenvalue weighted by molar-refractivity contribution is -0.137. The molecule has 2 amide bonds. The highest BCUT2D eigenvalue weighted by Crippen LogP contribution is 2.34. The predicted octanol–water partition coefficient (Wildman–Crippen LogP) is 5.66. The summed E-state index contributed by atoms with van der Waals surface area (Å²) in [5, 5.41) is 8.28. The molecule has 0 saturated carbocycles. The van der Waals surface area contributed by atoms with Gasteiger partial charge in [-0.15, -0.1) is 0 Å². The number of alkyl halides is 3. The Morgan fingerprint density at radius 3 is 2.10 bits per heavy atom. The van der Waals surface area contributed by atoms with Gasteiger partial charge >= 0.3 is 6.18 Å². The molecule has 0 aliphatic rings. The van der Waals surface area contributed by atoms with Crippen LogP contribution in [-0.2, 0) is 11.0 Å². The molecule has 0 unspecified atom stereocenters. The second-order valence-electron chi connectivity index (χ2n) is 6.45. The van der Waals surface area contributed by atoms with Crippen LogP contribution in [0.5, 0.6) is 0 Å². The summed E-state index contributed by atoms with van der Waals surface area (Å²) in [6.07, 6.45) is -4.59. The van der Waals surface area contributed by atoms with Crippen LogP contribution in [0.4, 0.5) is 30.2 Å². The monoisotopic (exact) mass is 447 g/mol. The first-order valence-corrected chi connectivity index (χ1v) is 9.48. The van der Waals surface area contributed by atoms with Crippen LogP contribution in [0.3, 0.4) is 0 Å². The molecule has 0 bridgehead atoms. The zero-order valence-electron chi connectivity index (χ0n) is 16.0. The van der Waals surface area contributed by atoms with Gasteiger partial charge in [0.05, 0.1) is 23.4 Å². The quantitative estimate of drug-likeness (QED) is 0.456. The van der Waals surface area contributed by atoms with Crippen molar-refractivity contribution in [2.45, 2.75) is 6.18 Å². The molecular weight excluding hydrogens is 431 g/mol. The highest BCUT2D eigenvalue weighted by Gasteiger charge is 2.33. The second-order valence-corrected chi connectivity index (χ2v) is 6.89. The maximum Gasteiger partial charge on any atom is 0.418 e. The summed E-state index contributed by atoms with van der Waals surface area (Å²) in [7, 11) is 0. The van der Waals surface area contributed by atoms with Crippen molar-refractivity contribution in [3.8, 4) is 0 Å². The van der Waals surface area contributed by atoms with Gasteiger partial charge in [-0.2, -0.15) is 13.2 Å². The molecule has 5 nitrogen and oxygen atoms in total. The minimum absolute atomic E-state index is 0.265. The molecule has 0 fully saturated rings. The van der Waals surface area contributed by atoms with Crippen molar-refractivity contribution in [3.05, 3.63) is 88.9 Å². The van der Waals surface area contributed by atoms with E-state index in [1.807, 2.05) is 0 Å². The van der Waals surface area contributed by atoms with Gasteiger partial charge in [0.2, 0.25) is 5.91 Å². The summed E-state index contributed by atoms with van der Waals surface area (Å²) in [5.41, 5.74) is -0.124. The topological polar surface area (TPSA) is 70.2 Å². The molecule has 0 aliphatic heterocycles. The second kappa shape index (κ2) is 9.53. The molecule has 0 radical (unpaired) electrons. The van der Waals surface area contributed by atoms with Crippen LogP contribution in [-0.4, -0.2) is 18.4 Å². The molecule has 0 saturated heterocycles. The van der Waals surface area contributed by atoms with Crippen molar-refractivity contribution in [1.29, 1.82) is 0 Å². The molecule has 9 heteroatoms. The Morgan fingerprint density at radius 2 is 1.42 bits per heavy atom. The third kappa shape index (κ3) is 5.99. The van der Waals surface area contributed by atoms with E-state index in [0.29, 0.717) is 16.4 Å². The summed E-state index contributed by atoms with van der Waals surface area (Å²) < 4.78 is 39.2. The van der Waals surface area contributed by atoms with Crippen LogP contribution >= 0.6 is 11.6 Å². The molecule has 3 aromatic carbocycles. The van der Waals surface area contributed by atoms with Crippen molar-refractivity contribution in [2.24, 2.45) is 0 Å². The fourth-order valence-corrected chi connectivity index (χ4v) is 2.90. The van der Waals surface area contributed by atoms with Gasteiger partial charge in [0.15, 0.2) is 0 Å². The number of halogens is 4. The summed E-state index contributed by atoms with van der Waals surface area (Å²) in [5.74, 6) is -1.11. The molecule has 0 aromatic heterocycles. The first-order chi connectivity index (χ1) is 14.7. The van der Waals surface area contributed by atoms with Crippen molar-refractivity contribution < 1.29 is 22.8 Å². The first kappa shape index (κ1) is 22.2. The lowest BCUT2D eigenvalue weighted by atomic mass is 10.1. The van der Waals surface area contributed by atoms with Crippen LogP contribution in [0.25, 0.3) is 0 Å². The van der Waals surface area contributed by atoms with Crippen molar-refractivity contribution >= 4 is 40.5 Å². The van der Waals surface area contributed by atoms with E-state index in [2.05, 4.69) is 16.0 Å². The van der Waals surface area contributed by atoms with E-state index in [1.54, 1.807) is 48.5 Å². The molecule has 0 aliphatic carbocycles. The van der Waals surface area contributed by atoms with Crippen LogP contribution < -0.4 is 16.0 Å². The average Bonchev–Trinajstić information content (AvgIpc) is 2.74. The van der Waals surface area contributed by atoms with Crippen molar-refractivity contribution in [3.63, 3.8) is 0 Å².